The summed E-state index contributed by atoms with van der Waals surface area (Å²) in [6, 6.07) is 14.8. The summed E-state index contributed by atoms with van der Waals surface area (Å²) in [6.45, 7) is 2.30. The van der Waals surface area contributed by atoms with E-state index in [1.807, 2.05) is 48.5 Å². The summed E-state index contributed by atoms with van der Waals surface area (Å²) in [5.41, 5.74) is 0.929. The summed E-state index contributed by atoms with van der Waals surface area (Å²) in [6.07, 6.45) is -0.532. The molecule has 0 heterocycles. The van der Waals surface area contributed by atoms with Gasteiger partial charge in [0, 0.05) is 28.1 Å². The molecule has 1 amide bonds. The molecular formula is C18H19Cl2NO2S. The number of hydrogen-bond acceptors (Lipinski definition) is 3. The molecule has 0 aliphatic rings. The molecule has 2 aromatic carbocycles. The minimum Gasteiger partial charge on any atom is -0.481 e. The van der Waals surface area contributed by atoms with E-state index in [1.165, 1.54) is 0 Å². The second-order valence-electron chi connectivity index (χ2n) is 5.12. The van der Waals surface area contributed by atoms with Crippen LogP contribution in [0.5, 0.6) is 5.75 Å². The summed E-state index contributed by atoms with van der Waals surface area (Å²) in [7, 11) is 0. The number of amides is 1. The van der Waals surface area contributed by atoms with Crippen LogP contribution < -0.4 is 10.1 Å². The van der Waals surface area contributed by atoms with Crippen LogP contribution in [0.1, 0.15) is 12.5 Å². The van der Waals surface area contributed by atoms with E-state index in [0.29, 0.717) is 28.1 Å². The lowest BCUT2D eigenvalue weighted by atomic mass is 10.2. The van der Waals surface area contributed by atoms with Crippen molar-refractivity contribution in [2.45, 2.75) is 18.8 Å². The standard InChI is InChI=1S/C18H19Cl2NO2S/c1-13(23-14-6-3-2-4-7-14)18(22)21-10-11-24-12-15-16(19)8-5-9-17(15)20/h2-9,13H,10-12H2,1H3,(H,21,22)/t13-/m1/s1. The van der Waals surface area contributed by atoms with E-state index in [9.17, 15) is 4.79 Å². The van der Waals surface area contributed by atoms with Crippen LogP contribution in [0.2, 0.25) is 10.0 Å². The van der Waals surface area contributed by atoms with Crippen molar-refractivity contribution >= 4 is 40.9 Å². The van der Waals surface area contributed by atoms with Crippen LogP contribution in [-0.4, -0.2) is 24.3 Å². The second-order valence-corrected chi connectivity index (χ2v) is 7.04. The zero-order valence-electron chi connectivity index (χ0n) is 13.3. The largest absolute Gasteiger partial charge is 0.481 e. The fourth-order valence-electron chi connectivity index (χ4n) is 1.99. The summed E-state index contributed by atoms with van der Waals surface area (Å²) in [4.78, 5) is 12.0. The number of rotatable bonds is 8. The normalized spacial score (nSPS) is 11.8. The fraction of sp³-hybridized carbons (Fsp3) is 0.278. The highest BCUT2D eigenvalue weighted by Gasteiger charge is 2.13. The maximum Gasteiger partial charge on any atom is 0.260 e. The van der Waals surface area contributed by atoms with E-state index >= 15 is 0 Å². The molecule has 2 aromatic rings. The molecule has 1 N–H and O–H groups in total. The van der Waals surface area contributed by atoms with E-state index in [1.54, 1.807) is 18.7 Å². The first-order chi connectivity index (χ1) is 11.6. The number of carbonyl (C=O) groups is 1. The van der Waals surface area contributed by atoms with Crippen molar-refractivity contribution < 1.29 is 9.53 Å². The van der Waals surface area contributed by atoms with Gasteiger partial charge in [-0.05, 0) is 36.8 Å². The second kappa shape index (κ2) is 9.82. The van der Waals surface area contributed by atoms with E-state index in [4.69, 9.17) is 27.9 Å². The van der Waals surface area contributed by atoms with Gasteiger partial charge in [-0.25, -0.2) is 0 Å². The van der Waals surface area contributed by atoms with Gasteiger partial charge in [0.15, 0.2) is 6.10 Å². The van der Waals surface area contributed by atoms with Crippen LogP contribution >= 0.6 is 35.0 Å². The van der Waals surface area contributed by atoms with Gasteiger partial charge in [0.05, 0.1) is 0 Å². The number of halogens is 2. The fourth-order valence-corrected chi connectivity index (χ4v) is 3.59. The van der Waals surface area contributed by atoms with Gasteiger partial charge in [-0.1, -0.05) is 47.5 Å². The topological polar surface area (TPSA) is 38.3 Å². The Kier molecular flexibility index (Phi) is 7.76. The molecule has 0 saturated carbocycles. The van der Waals surface area contributed by atoms with Crippen molar-refractivity contribution in [3.05, 3.63) is 64.1 Å². The molecule has 0 unspecified atom stereocenters. The van der Waals surface area contributed by atoms with Crippen LogP contribution in [0.4, 0.5) is 0 Å². The molecular weight excluding hydrogens is 365 g/mol. The van der Waals surface area contributed by atoms with Crippen molar-refractivity contribution in [2.75, 3.05) is 12.3 Å². The Balaban J connectivity index is 1.67. The number of ether oxygens (including phenoxy) is 1. The monoisotopic (exact) mass is 383 g/mol. The summed E-state index contributed by atoms with van der Waals surface area (Å²) in [5.74, 6) is 2.04. The lowest BCUT2D eigenvalue weighted by Crippen LogP contribution is -2.37. The lowest BCUT2D eigenvalue weighted by Gasteiger charge is -2.14. The summed E-state index contributed by atoms with van der Waals surface area (Å²) < 4.78 is 5.58. The van der Waals surface area contributed by atoms with Gasteiger partial charge in [-0.2, -0.15) is 11.8 Å². The molecule has 1 atom stereocenters. The molecule has 0 spiro atoms. The number of carbonyl (C=O) groups excluding carboxylic acids is 1. The van der Waals surface area contributed by atoms with Crippen molar-refractivity contribution in [2.24, 2.45) is 0 Å². The molecule has 0 radical (unpaired) electrons. The Morgan fingerprint density at radius 3 is 2.46 bits per heavy atom. The van der Waals surface area contributed by atoms with E-state index in [0.717, 1.165) is 11.3 Å². The quantitative estimate of drug-likeness (QED) is 0.664. The molecule has 24 heavy (non-hydrogen) atoms. The van der Waals surface area contributed by atoms with Crippen molar-refractivity contribution in [1.82, 2.24) is 5.32 Å². The van der Waals surface area contributed by atoms with E-state index in [-0.39, 0.29) is 5.91 Å². The van der Waals surface area contributed by atoms with Gasteiger partial charge in [-0.3, -0.25) is 4.79 Å². The smallest absolute Gasteiger partial charge is 0.260 e. The summed E-state index contributed by atoms with van der Waals surface area (Å²) >= 11 is 13.9. The minimum absolute atomic E-state index is 0.129. The number of hydrogen-bond donors (Lipinski definition) is 1. The van der Waals surface area contributed by atoms with E-state index < -0.39 is 6.10 Å². The predicted molar refractivity (Wildman–Crippen MR) is 102 cm³/mol. The third-order valence-corrected chi connectivity index (χ3v) is 4.97. The number of benzene rings is 2. The highest BCUT2D eigenvalue weighted by Crippen LogP contribution is 2.27. The van der Waals surface area contributed by atoms with Gasteiger partial charge in [0.25, 0.3) is 5.91 Å². The average molecular weight is 384 g/mol. The van der Waals surface area contributed by atoms with Gasteiger partial charge in [0.2, 0.25) is 0 Å². The Morgan fingerprint density at radius 2 is 1.79 bits per heavy atom. The summed E-state index contributed by atoms with van der Waals surface area (Å²) in [5, 5.41) is 4.21. The maximum atomic E-state index is 12.0. The van der Waals surface area contributed by atoms with Crippen molar-refractivity contribution in [3.63, 3.8) is 0 Å². The Hall–Kier alpha value is -1.36. The van der Waals surface area contributed by atoms with Crippen LogP contribution in [0.25, 0.3) is 0 Å². The molecule has 3 nitrogen and oxygen atoms in total. The van der Waals surface area contributed by atoms with Gasteiger partial charge in [-0.15, -0.1) is 0 Å². The molecule has 0 fully saturated rings. The van der Waals surface area contributed by atoms with Crippen molar-refractivity contribution in [3.8, 4) is 5.75 Å². The Bertz CT molecular complexity index is 647. The third kappa shape index (κ3) is 5.93. The molecule has 0 aliphatic heterocycles. The molecule has 0 saturated heterocycles. The zero-order valence-corrected chi connectivity index (χ0v) is 15.6. The molecule has 2 rings (SSSR count). The SMILES string of the molecule is C[C@@H](Oc1ccccc1)C(=O)NCCSCc1c(Cl)cccc1Cl. The predicted octanol–water partition coefficient (Wildman–Crippen LogP) is 4.81. The van der Waals surface area contributed by atoms with Crippen molar-refractivity contribution in [1.29, 1.82) is 0 Å². The highest BCUT2D eigenvalue weighted by atomic mass is 35.5. The minimum atomic E-state index is -0.532. The molecule has 0 bridgehead atoms. The Morgan fingerprint density at radius 1 is 1.12 bits per heavy atom. The molecule has 6 heteroatoms. The maximum absolute atomic E-state index is 12.0. The highest BCUT2D eigenvalue weighted by molar-refractivity contribution is 7.98. The van der Waals surface area contributed by atoms with Crippen LogP contribution in [0.3, 0.4) is 0 Å². The number of para-hydroxylation sites is 1. The van der Waals surface area contributed by atoms with E-state index in [2.05, 4.69) is 5.32 Å². The van der Waals surface area contributed by atoms with Crippen LogP contribution in [0, 0.1) is 0 Å². The Labute approximate surface area is 156 Å². The zero-order chi connectivity index (χ0) is 17.4. The molecule has 128 valence electrons. The first-order valence-corrected chi connectivity index (χ1v) is 9.49. The number of nitrogens with one attached hydrogen (secondary N) is 1. The van der Waals surface area contributed by atoms with Gasteiger partial charge in [0.1, 0.15) is 5.75 Å². The molecule has 0 aliphatic carbocycles. The van der Waals surface area contributed by atoms with Gasteiger partial charge >= 0.3 is 0 Å². The van der Waals surface area contributed by atoms with Crippen LogP contribution in [-0.2, 0) is 10.5 Å². The first-order valence-electron chi connectivity index (χ1n) is 7.58. The molecule has 0 aromatic heterocycles. The first kappa shape index (κ1) is 19.0. The third-order valence-electron chi connectivity index (χ3n) is 3.28. The average Bonchev–Trinajstić information content (AvgIpc) is 2.57. The van der Waals surface area contributed by atoms with Gasteiger partial charge < -0.3 is 10.1 Å². The lowest BCUT2D eigenvalue weighted by molar-refractivity contribution is -0.127. The number of thioether (sulfide) groups is 1. The van der Waals surface area contributed by atoms with Crippen LogP contribution in [0.15, 0.2) is 48.5 Å².